The summed E-state index contributed by atoms with van der Waals surface area (Å²) < 4.78 is 3.28. The summed E-state index contributed by atoms with van der Waals surface area (Å²) >= 11 is 1.40. The molecule has 1 unspecified atom stereocenters. The van der Waals surface area contributed by atoms with Crippen molar-refractivity contribution in [3.05, 3.63) is 103 Å². The second-order valence-corrected chi connectivity index (χ2v) is 9.01. The van der Waals surface area contributed by atoms with Gasteiger partial charge in [-0.25, -0.2) is 9.78 Å². The van der Waals surface area contributed by atoms with Crippen molar-refractivity contribution >= 4 is 29.6 Å². The topological polar surface area (TPSA) is 119 Å². The highest BCUT2D eigenvalue weighted by Gasteiger charge is 2.15. The maximum Gasteiger partial charge on any atom is 0.319 e. The van der Waals surface area contributed by atoms with Gasteiger partial charge in [-0.15, -0.1) is 0 Å². The van der Waals surface area contributed by atoms with Crippen LogP contribution in [0.4, 0.5) is 10.5 Å². The molecule has 0 bridgehead atoms. The van der Waals surface area contributed by atoms with Gasteiger partial charge in [0.25, 0.3) is 0 Å². The number of aromatic nitrogens is 2. The standard InChI is InChI=1S/C27H27N5O3S/c33-26(34)16-25(20-5-2-1-3-6-20)32-36-24-11-9-19(10-12-24)21-7-4-8-22(15-21)31-27(35)29-14-13-23-17-28-18-30-23/h1-12,15,17-18,25,32H,13-14,16H2,(H,28,30)(H,33,34)(H2,29,31,35). The van der Waals surface area contributed by atoms with Gasteiger partial charge in [0.1, 0.15) is 0 Å². The number of H-pyrrole nitrogens is 1. The minimum absolute atomic E-state index is 0.00830. The van der Waals surface area contributed by atoms with E-state index in [2.05, 4.69) is 25.3 Å². The maximum atomic E-state index is 12.2. The van der Waals surface area contributed by atoms with Crippen LogP contribution in [0.2, 0.25) is 0 Å². The lowest BCUT2D eigenvalue weighted by Gasteiger charge is -2.17. The van der Waals surface area contributed by atoms with Crippen molar-refractivity contribution in [1.29, 1.82) is 0 Å². The first-order valence-electron chi connectivity index (χ1n) is 11.5. The molecule has 3 aromatic carbocycles. The van der Waals surface area contributed by atoms with Crippen molar-refractivity contribution in [2.24, 2.45) is 0 Å². The number of imidazole rings is 1. The Morgan fingerprint density at radius 3 is 2.50 bits per heavy atom. The summed E-state index contributed by atoms with van der Waals surface area (Å²) in [6.07, 6.45) is 4.02. The molecule has 4 rings (SSSR count). The summed E-state index contributed by atoms with van der Waals surface area (Å²) in [5.41, 5.74) is 4.58. The molecule has 5 N–H and O–H groups in total. The average Bonchev–Trinajstić information content (AvgIpc) is 3.41. The highest BCUT2D eigenvalue weighted by atomic mass is 32.2. The number of amides is 2. The number of carboxylic acids is 1. The van der Waals surface area contributed by atoms with Crippen LogP contribution in [0.5, 0.6) is 0 Å². The Hall–Kier alpha value is -4.08. The highest BCUT2D eigenvalue weighted by Crippen LogP contribution is 2.27. The van der Waals surface area contributed by atoms with Gasteiger partial charge >= 0.3 is 12.0 Å². The monoisotopic (exact) mass is 501 g/mol. The maximum absolute atomic E-state index is 12.2. The number of nitrogens with one attached hydrogen (secondary N) is 4. The Kier molecular flexibility index (Phi) is 8.74. The van der Waals surface area contributed by atoms with Crippen LogP contribution in [0.15, 0.2) is 96.3 Å². The first-order chi connectivity index (χ1) is 17.6. The van der Waals surface area contributed by atoms with Crippen molar-refractivity contribution in [2.45, 2.75) is 23.8 Å². The molecule has 1 aromatic heterocycles. The third-order valence-electron chi connectivity index (χ3n) is 5.44. The number of carboxylic acid groups (broad SMARTS) is 1. The van der Waals surface area contributed by atoms with E-state index in [1.165, 1.54) is 11.9 Å². The summed E-state index contributed by atoms with van der Waals surface area (Å²) in [7, 11) is 0. The highest BCUT2D eigenvalue weighted by molar-refractivity contribution is 7.97. The van der Waals surface area contributed by atoms with E-state index in [0.29, 0.717) is 18.7 Å². The van der Waals surface area contributed by atoms with Crippen LogP contribution in [-0.2, 0) is 11.2 Å². The van der Waals surface area contributed by atoms with Gasteiger partial charge < -0.3 is 20.7 Å². The Morgan fingerprint density at radius 1 is 0.972 bits per heavy atom. The van der Waals surface area contributed by atoms with E-state index in [-0.39, 0.29) is 18.5 Å². The summed E-state index contributed by atoms with van der Waals surface area (Å²) in [6, 6.07) is 24.6. The van der Waals surface area contributed by atoms with Crippen molar-refractivity contribution in [3.8, 4) is 11.1 Å². The summed E-state index contributed by atoms with van der Waals surface area (Å²) in [5.74, 6) is -0.854. The molecule has 36 heavy (non-hydrogen) atoms. The van der Waals surface area contributed by atoms with Gasteiger partial charge in [-0.05, 0) is 52.9 Å². The lowest BCUT2D eigenvalue weighted by atomic mass is 10.1. The number of carbonyl (C=O) groups is 2. The number of aliphatic carboxylic acids is 1. The molecule has 1 heterocycles. The van der Waals surface area contributed by atoms with E-state index in [4.69, 9.17) is 0 Å². The van der Waals surface area contributed by atoms with Gasteiger partial charge in [0.05, 0.1) is 18.8 Å². The van der Waals surface area contributed by atoms with Crippen molar-refractivity contribution in [3.63, 3.8) is 0 Å². The third-order valence-corrected chi connectivity index (χ3v) is 6.35. The number of benzene rings is 3. The van der Waals surface area contributed by atoms with Gasteiger partial charge in [-0.1, -0.05) is 54.6 Å². The van der Waals surface area contributed by atoms with Crippen LogP contribution >= 0.6 is 11.9 Å². The molecule has 4 aromatic rings. The number of carbonyl (C=O) groups excluding carboxylic acids is 1. The van der Waals surface area contributed by atoms with Gasteiger partial charge in [0.2, 0.25) is 0 Å². The van der Waals surface area contributed by atoms with Gasteiger partial charge in [0.15, 0.2) is 0 Å². The summed E-state index contributed by atoms with van der Waals surface area (Å²) in [5, 5.41) is 15.0. The first-order valence-corrected chi connectivity index (χ1v) is 12.3. The zero-order chi connectivity index (χ0) is 25.2. The SMILES string of the molecule is O=C(O)CC(NSc1ccc(-c2cccc(NC(=O)NCCc3cnc[nH]3)c2)cc1)c1ccccc1. The van der Waals surface area contributed by atoms with Crippen LogP contribution in [0.1, 0.15) is 23.7 Å². The number of anilines is 1. The fourth-order valence-electron chi connectivity index (χ4n) is 3.63. The quantitative estimate of drug-likeness (QED) is 0.179. The van der Waals surface area contributed by atoms with Crippen LogP contribution in [0.3, 0.4) is 0 Å². The molecule has 2 amide bonds. The lowest BCUT2D eigenvalue weighted by molar-refractivity contribution is -0.137. The minimum atomic E-state index is -0.854. The van der Waals surface area contributed by atoms with Gasteiger partial charge in [-0.3, -0.25) is 9.52 Å². The van der Waals surface area contributed by atoms with E-state index in [9.17, 15) is 14.7 Å². The lowest BCUT2D eigenvalue weighted by Crippen LogP contribution is -2.30. The second kappa shape index (κ2) is 12.6. The molecule has 9 heteroatoms. The van der Waals surface area contributed by atoms with Crippen LogP contribution in [0.25, 0.3) is 11.1 Å². The summed E-state index contributed by atoms with van der Waals surface area (Å²) in [6.45, 7) is 0.498. The van der Waals surface area contributed by atoms with Crippen molar-refractivity contribution in [2.75, 3.05) is 11.9 Å². The molecule has 0 aliphatic carbocycles. The van der Waals surface area contributed by atoms with E-state index in [1.54, 1.807) is 12.5 Å². The summed E-state index contributed by atoms with van der Waals surface area (Å²) in [4.78, 5) is 31.5. The largest absolute Gasteiger partial charge is 0.481 e. The zero-order valence-corrected chi connectivity index (χ0v) is 20.3. The minimum Gasteiger partial charge on any atom is -0.481 e. The van der Waals surface area contributed by atoms with E-state index < -0.39 is 5.97 Å². The fraction of sp³-hybridized carbons (Fsp3) is 0.148. The molecule has 0 aliphatic rings. The molecule has 1 atom stereocenters. The zero-order valence-electron chi connectivity index (χ0n) is 19.5. The average molecular weight is 502 g/mol. The van der Waals surface area contributed by atoms with Crippen LogP contribution in [-0.4, -0.2) is 33.6 Å². The molecular formula is C27H27N5O3S. The predicted octanol–water partition coefficient (Wildman–Crippen LogP) is 5.25. The van der Waals surface area contributed by atoms with E-state index >= 15 is 0 Å². The Morgan fingerprint density at radius 2 is 1.78 bits per heavy atom. The molecular weight excluding hydrogens is 474 g/mol. The number of rotatable bonds is 11. The van der Waals surface area contributed by atoms with Crippen molar-refractivity contribution < 1.29 is 14.7 Å². The second-order valence-electron chi connectivity index (χ2n) is 8.09. The van der Waals surface area contributed by atoms with E-state index in [0.717, 1.165) is 27.3 Å². The number of nitrogens with zero attached hydrogens (tertiary/aromatic N) is 1. The molecule has 0 saturated carbocycles. The molecule has 0 saturated heterocycles. The van der Waals surface area contributed by atoms with Crippen molar-refractivity contribution in [1.82, 2.24) is 20.0 Å². The van der Waals surface area contributed by atoms with E-state index in [1.807, 2.05) is 78.9 Å². The third kappa shape index (κ3) is 7.46. The number of urea groups is 1. The molecule has 0 fully saturated rings. The first kappa shape index (κ1) is 25.0. The van der Waals surface area contributed by atoms with Crippen LogP contribution < -0.4 is 15.4 Å². The van der Waals surface area contributed by atoms with Crippen LogP contribution in [0, 0.1) is 0 Å². The number of hydrogen-bond acceptors (Lipinski definition) is 5. The normalized spacial score (nSPS) is 11.6. The number of aromatic amines is 1. The Labute approximate surface area is 213 Å². The fourth-order valence-corrected chi connectivity index (χ4v) is 4.40. The molecule has 8 nitrogen and oxygen atoms in total. The van der Waals surface area contributed by atoms with Gasteiger partial charge in [0, 0.05) is 35.4 Å². The molecule has 0 spiro atoms. The molecule has 0 radical (unpaired) electrons. The Balaban J connectivity index is 1.32. The Bertz CT molecular complexity index is 1260. The number of hydrogen-bond donors (Lipinski definition) is 5. The molecule has 0 aliphatic heterocycles. The predicted molar refractivity (Wildman–Crippen MR) is 142 cm³/mol. The smallest absolute Gasteiger partial charge is 0.319 e. The molecule has 184 valence electrons. The van der Waals surface area contributed by atoms with Gasteiger partial charge in [-0.2, -0.15) is 0 Å².